The van der Waals surface area contributed by atoms with Gasteiger partial charge >= 0.3 is 0 Å². The van der Waals surface area contributed by atoms with E-state index in [4.69, 9.17) is 4.74 Å². The lowest BCUT2D eigenvalue weighted by molar-refractivity contribution is -0.137. The fourth-order valence-electron chi connectivity index (χ4n) is 3.28. The molecule has 2 fully saturated rings. The van der Waals surface area contributed by atoms with E-state index in [-0.39, 0.29) is 17.9 Å². The number of amides is 2. The highest BCUT2D eigenvalue weighted by molar-refractivity contribution is 7.10. The van der Waals surface area contributed by atoms with Crippen LogP contribution in [0.15, 0.2) is 17.5 Å². The Morgan fingerprint density at radius 1 is 1.29 bits per heavy atom. The monoisotopic (exact) mass is 351 g/mol. The van der Waals surface area contributed by atoms with Crippen LogP contribution in [0.2, 0.25) is 0 Å². The maximum absolute atomic E-state index is 12.5. The van der Waals surface area contributed by atoms with Crippen molar-refractivity contribution in [3.63, 3.8) is 0 Å². The number of ether oxygens (including phenoxy) is 1. The molecule has 0 radical (unpaired) electrons. The van der Waals surface area contributed by atoms with Crippen LogP contribution in [0.25, 0.3) is 0 Å². The van der Waals surface area contributed by atoms with Crippen molar-refractivity contribution in [2.24, 2.45) is 0 Å². The minimum absolute atomic E-state index is 0.0136. The molecular formula is C17H25N3O3S. The van der Waals surface area contributed by atoms with E-state index >= 15 is 0 Å². The van der Waals surface area contributed by atoms with Gasteiger partial charge in [-0.15, -0.1) is 11.3 Å². The number of likely N-dealkylation sites (tertiary alicyclic amines) is 1. The Hall–Kier alpha value is -1.44. The van der Waals surface area contributed by atoms with Gasteiger partial charge in [0.1, 0.15) is 6.04 Å². The summed E-state index contributed by atoms with van der Waals surface area (Å²) in [6.07, 6.45) is 2.06. The second-order valence-corrected chi connectivity index (χ2v) is 7.28. The summed E-state index contributed by atoms with van der Waals surface area (Å²) in [7, 11) is 0. The van der Waals surface area contributed by atoms with Crippen molar-refractivity contribution in [1.29, 1.82) is 0 Å². The van der Waals surface area contributed by atoms with Crippen LogP contribution in [0.3, 0.4) is 0 Å². The molecule has 0 aromatic carbocycles. The van der Waals surface area contributed by atoms with Crippen LogP contribution in [0.1, 0.15) is 17.7 Å². The Morgan fingerprint density at radius 2 is 2.12 bits per heavy atom. The number of nitrogens with one attached hydrogen (secondary N) is 1. The molecule has 1 atom stereocenters. The molecule has 132 valence electrons. The van der Waals surface area contributed by atoms with E-state index in [9.17, 15) is 9.59 Å². The third kappa shape index (κ3) is 4.55. The average Bonchev–Trinajstić information content (AvgIpc) is 3.27. The Labute approximate surface area is 146 Å². The minimum Gasteiger partial charge on any atom is -0.379 e. The van der Waals surface area contributed by atoms with Crippen LogP contribution < -0.4 is 5.32 Å². The first-order chi connectivity index (χ1) is 11.7. The Balaban J connectivity index is 1.45. The van der Waals surface area contributed by atoms with E-state index in [2.05, 4.69) is 10.2 Å². The van der Waals surface area contributed by atoms with Gasteiger partial charge in [-0.3, -0.25) is 14.5 Å². The Kier molecular flexibility index (Phi) is 6.23. The second kappa shape index (κ2) is 8.60. The molecule has 0 saturated carbocycles. The van der Waals surface area contributed by atoms with Gasteiger partial charge in [-0.05, 0) is 24.3 Å². The van der Waals surface area contributed by atoms with Crippen molar-refractivity contribution in [3.05, 3.63) is 22.4 Å². The molecule has 1 aromatic rings. The molecule has 1 aromatic heterocycles. The number of morpholine rings is 1. The zero-order chi connectivity index (χ0) is 16.8. The van der Waals surface area contributed by atoms with Crippen LogP contribution in [-0.2, 0) is 20.7 Å². The molecule has 3 rings (SSSR count). The van der Waals surface area contributed by atoms with Gasteiger partial charge in [0.15, 0.2) is 0 Å². The largest absolute Gasteiger partial charge is 0.379 e. The number of carbonyl (C=O) groups excluding carboxylic acids is 2. The third-order valence-electron chi connectivity index (χ3n) is 4.61. The summed E-state index contributed by atoms with van der Waals surface area (Å²) in [4.78, 5) is 30.0. The SMILES string of the molecule is O=C(NCCN1CCOCC1)C1CCCN1C(=O)Cc1cccs1. The quantitative estimate of drug-likeness (QED) is 0.821. The van der Waals surface area contributed by atoms with Gasteiger partial charge in [0.2, 0.25) is 11.8 Å². The summed E-state index contributed by atoms with van der Waals surface area (Å²) in [6.45, 7) is 5.53. The molecule has 2 saturated heterocycles. The number of hydrogen-bond donors (Lipinski definition) is 1. The van der Waals surface area contributed by atoms with Crippen molar-refractivity contribution in [2.75, 3.05) is 45.9 Å². The molecule has 2 amide bonds. The molecular weight excluding hydrogens is 326 g/mol. The van der Waals surface area contributed by atoms with Gasteiger partial charge < -0.3 is 15.0 Å². The number of thiophene rings is 1. The molecule has 1 unspecified atom stereocenters. The Bertz CT molecular complexity index is 543. The molecule has 0 spiro atoms. The lowest BCUT2D eigenvalue weighted by atomic mass is 10.2. The standard InChI is InChI=1S/C17H25N3O3S/c21-16(13-14-3-2-12-24-14)20-6-1-4-15(20)17(22)18-5-7-19-8-10-23-11-9-19/h2-3,12,15H,1,4-11,13H2,(H,18,22). The number of carbonyl (C=O) groups is 2. The van der Waals surface area contributed by atoms with Crippen molar-refractivity contribution >= 4 is 23.2 Å². The minimum atomic E-state index is -0.304. The van der Waals surface area contributed by atoms with Crippen LogP contribution in [0.5, 0.6) is 0 Å². The molecule has 0 bridgehead atoms. The fraction of sp³-hybridized carbons (Fsp3) is 0.647. The molecule has 24 heavy (non-hydrogen) atoms. The maximum atomic E-state index is 12.5. The lowest BCUT2D eigenvalue weighted by Crippen LogP contribution is -2.48. The second-order valence-electron chi connectivity index (χ2n) is 6.25. The van der Waals surface area contributed by atoms with Crippen LogP contribution in [0.4, 0.5) is 0 Å². The van der Waals surface area contributed by atoms with Crippen molar-refractivity contribution in [3.8, 4) is 0 Å². The summed E-state index contributed by atoms with van der Waals surface area (Å²) in [6, 6.07) is 3.62. The highest BCUT2D eigenvalue weighted by Crippen LogP contribution is 2.20. The van der Waals surface area contributed by atoms with Crippen molar-refractivity contribution in [1.82, 2.24) is 15.1 Å². The number of nitrogens with zero attached hydrogens (tertiary/aromatic N) is 2. The van der Waals surface area contributed by atoms with Gasteiger partial charge in [0.25, 0.3) is 0 Å². The lowest BCUT2D eigenvalue weighted by Gasteiger charge is -2.27. The van der Waals surface area contributed by atoms with E-state index in [1.54, 1.807) is 16.2 Å². The van der Waals surface area contributed by atoms with Gasteiger partial charge in [0, 0.05) is 37.6 Å². The third-order valence-corrected chi connectivity index (χ3v) is 5.49. The van der Waals surface area contributed by atoms with Crippen molar-refractivity contribution < 1.29 is 14.3 Å². The highest BCUT2D eigenvalue weighted by atomic mass is 32.1. The van der Waals surface area contributed by atoms with Gasteiger partial charge in [-0.1, -0.05) is 6.07 Å². The maximum Gasteiger partial charge on any atom is 0.242 e. The average molecular weight is 351 g/mol. The van der Waals surface area contributed by atoms with E-state index in [1.807, 2.05) is 17.5 Å². The predicted octanol–water partition coefficient (Wildman–Crippen LogP) is 0.730. The topological polar surface area (TPSA) is 61.9 Å². The van der Waals surface area contributed by atoms with Crippen LogP contribution in [-0.4, -0.2) is 73.6 Å². The summed E-state index contributed by atoms with van der Waals surface area (Å²) in [5.74, 6) is 0.0450. The van der Waals surface area contributed by atoms with E-state index in [1.165, 1.54) is 0 Å². The van der Waals surface area contributed by atoms with Crippen molar-refractivity contribution in [2.45, 2.75) is 25.3 Å². The molecule has 1 N–H and O–H groups in total. The summed E-state index contributed by atoms with van der Waals surface area (Å²) < 4.78 is 5.32. The van der Waals surface area contributed by atoms with Gasteiger partial charge in [0.05, 0.1) is 19.6 Å². The first-order valence-electron chi connectivity index (χ1n) is 8.64. The molecule has 2 aliphatic rings. The van der Waals surface area contributed by atoms with E-state index in [0.29, 0.717) is 19.5 Å². The summed E-state index contributed by atoms with van der Waals surface area (Å²) >= 11 is 1.59. The summed E-state index contributed by atoms with van der Waals surface area (Å²) in [5, 5.41) is 4.98. The van der Waals surface area contributed by atoms with E-state index in [0.717, 1.165) is 50.6 Å². The Morgan fingerprint density at radius 3 is 2.88 bits per heavy atom. The highest BCUT2D eigenvalue weighted by Gasteiger charge is 2.33. The fourth-order valence-corrected chi connectivity index (χ4v) is 3.98. The normalized spacial score (nSPS) is 21.8. The van der Waals surface area contributed by atoms with Crippen LogP contribution in [0, 0.1) is 0 Å². The summed E-state index contributed by atoms with van der Waals surface area (Å²) in [5.41, 5.74) is 0. The van der Waals surface area contributed by atoms with E-state index < -0.39 is 0 Å². The number of hydrogen-bond acceptors (Lipinski definition) is 5. The molecule has 2 aliphatic heterocycles. The van der Waals surface area contributed by atoms with Gasteiger partial charge in [-0.2, -0.15) is 0 Å². The smallest absolute Gasteiger partial charge is 0.242 e. The first kappa shape index (κ1) is 17.4. The zero-order valence-electron chi connectivity index (χ0n) is 13.9. The van der Waals surface area contributed by atoms with Crippen LogP contribution >= 0.6 is 11.3 Å². The molecule has 0 aliphatic carbocycles. The number of rotatable bonds is 6. The first-order valence-corrected chi connectivity index (χ1v) is 9.51. The zero-order valence-corrected chi connectivity index (χ0v) is 14.7. The molecule has 6 nitrogen and oxygen atoms in total. The predicted molar refractivity (Wildman–Crippen MR) is 93.0 cm³/mol. The molecule has 7 heteroatoms. The van der Waals surface area contributed by atoms with Gasteiger partial charge in [-0.25, -0.2) is 0 Å². The molecule has 3 heterocycles.